The van der Waals surface area contributed by atoms with Gasteiger partial charge in [0.1, 0.15) is 0 Å². The van der Waals surface area contributed by atoms with Gasteiger partial charge in [0.25, 0.3) is 0 Å². The van der Waals surface area contributed by atoms with E-state index in [1.54, 1.807) is 0 Å². The minimum atomic E-state index is 0.0912. The minimum absolute atomic E-state index is 0.0912. The van der Waals surface area contributed by atoms with E-state index < -0.39 is 0 Å². The van der Waals surface area contributed by atoms with Crippen LogP contribution in [-0.4, -0.2) is 28.2 Å². The second-order valence-corrected chi connectivity index (χ2v) is 6.97. The molecule has 0 N–H and O–H groups in total. The summed E-state index contributed by atoms with van der Waals surface area (Å²) < 4.78 is 0. The van der Waals surface area contributed by atoms with E-state index in [2.05, 4.69) is 27.8 Å². The monoisotopic (exact) mass is 285 g/mol. The van der Waals surface area contributed by atoms with Gasteiger partial charge in [-0.15, -0.1) is 0 Å². The van der Waals surface area contributed by atoms with Crippen molar-refractivity contribution in [2.45, 2.75) is 49.9 Å². The molecule has 5 atom stereocenters. The summed E-state index contributed by atoms with van der Waals surface area (Å²) in [5.41, 5.74) is 0. The van der Waals surface area contributed by atoms with Crippen LogP contribution in [-0.2, 0) is 4.79 Å². The largest absolute Gasteiger partial charge is 0.339 e. The number of amides is 1. The molecule has 3 heteroatoms. The first kappa shape index (κ1) is 11.1. The summed E-state index contributed by atoms with van der Waals surface area (Å²) in [6.07, 6.45) is 6.67. The smallest absolute Gasteiger partial charge is 0.236 e. The second kappa shape index (κ2) is 4.01. The molecule has 1 saturated heterocycles. The highest BCUT2D eigenvalue weighted by atomic mass is 79.9. The van der Waals surface area contributed by atoms with E-state index in [0.29, 0.717) is 11.9 Å². The Labute approximate surface area is 106 Å². The molecule has 3 rings (SSSR count). The minimum Gasteiger partial charge on any atom is -0.339 e. The Kier molecular flexibility index (Phi) is 2.77. The highest BCUT2D eigenvalue weighted by Crippen LogP contribution is 2.50. The number of hydrogen-bond acceptors (Lipinski definition) is 1. The van der Waals surface area contributed by atoms with Crippen LogP contribution in [0.2, 0.25) is 0 Å². The Morgan fingerprint density at radius 1 is 1.31 bits per heavy atom. The van der Waals surface area contributed by atoms with Crippen molar-refractivity contribution in [3.63, 3.8) is 0 Å². The van der Waals surface area contributed by atoms with E-state index in [1.165, 1.54) is 25.7 Å². The van der Waals surface area contributed by atoms with Gasteiger partial charge in [-0.3, -0.25) is 4.79 Å². The Hall–Kier alpha value is -0.0500. The summed E-state index contributed by atoms with van der Waals surface area (Å²) in [6.45, 7) is 3.23. The van der Waals surface area contributed by atoms with E-state index in [9.17, 15) is 4.79 Å². The highest BCUT2D eigenvalue weighted by Gasteiger charge is 2.45. The van der Waals surface area contributed by atoms with E-state index >= 15 is 0 Å². The lowest BCUT2D eigenvalue weighted by Gasteiger charge is -2.34. The normalized spacial score (nSPS) is 44.4. The van der Waals surface area contributed by atoms with Gasteiger partial charge in [0.05, 0.1) is 4.83 Å². The van der Waals surface area contributed by atoms with Crippen molar-refractivity contribution in [3.05, 3.63) is 0 Å². The number of halogens is 1. The number of rotatable bonds is 2. The van der Waals surface area contributed by atoms with Gasteiger partial charge in [0, 0.05) is 12.6 Å². The van der Waals surface area contributed by atoms with Crippen molar-refractivity contribution in [3.8, 4) is 0 Å². The van der Waals surface area contributed by atoms with Crippen LogP contribution in [0.3, 0.4) is 0 Å². The molecule has 2 aliphatic carbocycles. The lowest BCUT2D eigenvalue weighted by Crippen LogP contribution is -2.42. The molecule has 3 aliphatic rings. The second-order valence-electron chi connectivity index (χ2n) is 5.87. The zero-order chi connectivity index (χ0) is 11.3. The number of nitrogens with zero attached hydrogens (tertiary/aromatic N) is 1. The lowest BCUT2D eigenvalue weighted by atomic mass is 9.83. The number of hydrogen-bond donors (Lipinski definition) is 0. The van der Waals surface area contributed by atoms with E-state index in [0.717, 1.165) is 30.7 Å². The van der Waals surface area contributed by atoms with Crippen LogP contribution < -0.4 is 0 Å². The molecule has 90 valence electrons. The highest BCUT2D eigenvalue weighted by molar-refractivity contribution is 9.10. The zero-order valence-electron chi connectivity index (χ0n) is 9.86. The molecule has 2 nitrogen and oxygen atoms in total. The standard InChI is InChI=1S/C13H20BrNO/c1-8(15-5-4-12(14)13(15)16)11-7-9-2-3-10(11)6-9/h8-12H,2-7H2,1H3. The molecule has 5 unspecified atom stereocenters. The van der Waals surface area contributed by atoms with E-state index in [4.69, 9.17) is 0 Å². The summed E-state index contributed by atoms with van der Waals surface area (Å²) >= 11 is 3.47. The molecule has 1 heterocycles. The molecule has 1 amide bonds. The van der Waals surface area contributed by atoms with Crippen LogP contribution >= 0.6 is 15.9 Å². The Bertz CT molecular complexity index is 306. The van der Waals surface area contributed by atoms with Crippen LogP contribution in [0.15, 0.2) is 0 Å². The van der Waals surface area contributed by atoms with Crippen LogP contribution in [0.1, 0.15) is 39.0 Å². The van der Waals surface area contributed by atoms with E-state index in [-0.39, 0.29) is 4.83 Å². The summed E-state index contributed by atoms with van der Waals surface area (Å²) in [7, 11) is 0. The molecule has 16 heavy (non-hydrogen) atoms. The summed E-state index contributed by atoms with van der Waals surface area (Å²) in [6, 6.07) is 0.477. The molecule has 0 radical (unpaired) electrons. The van der Waals surface area contributed by atoms with Crippen LogP contribution in [0.25, 0.3) is 0 Å². The molecule has 0 spiro atoms. The summed E-state index contributed by atoms with van der Waals surface area (Å²) in [4.78, 5) is 14.2. The first-order valence-electron chi connectivity index (χ1n) is 6.61. The SMILES string of the molecule is CC(C1CC2CCC1C2)N1CCC(Br)C1=O. The van der Waals surface area contributed by atoms with Crippen molar-refractivity contribution in [1.82, 2.24) is 4.90 Å². The third-order valence-electron chi connectivity index (χ3n) is 5.08. The zero-order valence-corrected chi connectivity index (χ0v) is 11.4. The fraction of sp³-hybridized carbons (Fsp3) is 0.923. The number of carbonyl (C=O) groups is 1. The number of carbonyl (C=O) groups excluding carboxylic acids is 1. The molecule has 2 bridgehead atoms. The van der Waals surface area contributed by atoms with Gasteiger partial charge in [-0.05, 0) is 50.4 Å². The fourth-order valence-electron chi connectivity index (χ4n) is 4.19. The van der Waals surface area contributed by atoms with Crippen molar-refractivity contribution in [2.75, 3.05) is 6.54 Å². The van der Waals surface area contributed by atoms with Gasteiger partial charge in [0.2, 0.25) is 5.91 Å². The third-order valence-corrected chi connectivity index (χ3v) is 5.93. The lowest BCUT2D eigenvalue weighted by molar-refractivity contribution is -0.130. The maximum atomic E-state index is 12.0. The van der Waals surface area contributed by atoms with Gasteiger partial charge in [-0.2, -0.15) is 0 Å². The maximum Gasteiger partial charge on any atom is 0.236 e. The van der Waals surface area contributed by atoms with Crippen molar-refractivity contribution < 1.29 is 4.79 Å². The Balaban J connectivity index is 1.69. The maximum absolute atomic E-state index is 12.0. The van der Waals surface area contributed by atoms with Gasteiger partial charge in [-0.25, -0.2) is 0 Å². The van der Waals surface area contributed by atoms with Gasteiger partial charge in [-0.1, -0.05) is 22.4 Å². The molecule has 0 aromatic heterocycles. The van der Waals surface area contributed by atoms with E-state index in [1.807, 2.05) is 0 Å². The first-order valence-corrected chi connectivity index (χ1v) is 7.53. The number of fused-ring (bicyclic) bond motifs is 2. The van der Waals surface area contributed by atoms with Gasteiger partial charge in [0.15, 0.2) is 0 Å². The summed E-state index contributed by atoms with van der Waals surface area (Å²) in [5.74, 6) is 3.02. The van der Waals surface area contributed by atoms with Gasteiger partial charge >= 0.3 is 0 Å². The van der Waals surface area contributed by atoms with Crippen molar-refractivity contribution in [1.29, 1.82) is 0 Å². The Morgan fingerprint density at radius 2 is 2.12 bits per heavy atom. The third kappa shape index (κ3) is 1.62. The molecule has 3 fully saturated rings. The number of alkyl halides is 1. The van der Waals surface area contributed by atoms with Crippen LogP contribution in [0.4, 0.5) is 0 Å². The summed E-state index contributed by atoms with van der Waals surface area (Å²) in [5, 5.41) is 0. The fourth-order valence-corrected chi connectivity index (χ4v) is 4.65. The van der Waals surface area contributed by atoms with Crippen molar-refractivity contribution in [2.24, 2.45) is 17.8 Å². The van der Waals surface area contributed by atoms with Crippen molar-refractivity contribution >= 4 is 21.8 Å². The topological polar surface area (TPSA) is 20.3 Å². The molecule has 1 aliphatic heterocycles. The van der Waals surface area contributed by atoms with Crippen LogP contribution in [0, 0.1) is 17.8 Å². The Morgan fingerprint density at radius 3 is 2.62 bits per heavy atom. The molecular formula is C13H20BrNO. The van der Waals surface area contributed by atoms with Crippen LogP contribution in [0.5, 0.6) is 0 Å². The van der Waals surface area contributed by atoms with Gasteiger partial charge < -0.3 is 4.90 Å². The average molecular weight is 286 g/mol. The molecular weight excluding hydrogens is 266 g/mol. The molecule has 0 aromatic carbocycles. The first-order chi connectivity index (χ1) is 7.66. The molecule has 0 aromatic rings. The predicted molar refractivity (Wildman–Crippen MR) is 67.4 cm³/mol. The average Bonchev–Trinajstić information content (AvgIpc) is 2.95. The molecule has 2 saturated carbocycles. The number of likely N-dealkylation sites (tertiary alicyclic amines) is 1. The quantitative estimate of drug-likeness (QED) is 0.715. The predicted octanol–water partition coefficient (Wildman–Crippen LogP) is 2.81.